The Hall–Kier alpha value is -2.18. The molecule has 4 atom stereocenters. The summed E-state index contributed by atoms with van der Waals surface area (Å²) in [5, 5.41) is 4.13. The quantitative estimate of drug-likeness (QED) is 0.344. The molecule has 1 N–H and O–H groups in total. The first-order chi connectivity index (χ1) is 18.0. The second-order valence-corrected chi connectivity index (χ2v) is 11.6. The van der Waals surface area contributed by atoms with Crippen molar-refractivity contribution in [2.45, 2.75) is 44.2 Å². The molecule has 6 heteroatoms. The number of nitrogens with one attached hydrogen (secondary N) is 1. The molecule has 1 unspecified atom stereocenters. The molecule has 5 rings (SSSR count). The van der Waals surface area contributed by atoms with E-state index < -0.39 is 0 Å². The molecule has 1 saturated heterocycles. The SMILES string of the molecule is Cc1ccc(C(NC(=O)[C@@H]2CC[C@@H](N3CCOCC3)C[C@H]2c2ccc(Br)cc2)c2ccc(Cl)cc2)cc1. The highest BCUT2D eigenvalue weighted by Gasteiger charge is 2.39. The molecule has 1 aliphatic heterocycles. The molecule has 0 spiro atoms. The number of amides is 1. The van der Waals surface area contributed by atoms with Crippen molar-refractivity contribution < 1.29 is 9.53 Å². The van der Waals surface area contributed by atoms with Gasteiger partial charge < -0.3 is 10.1 Å². The van der Waals surface area contributed by atoms with E-state index in [0.717, 1.165) is 61.2 Å². The van der Waals surface area contributed by atoms with Crippen LogP contribution in [0.1, 0.15) is 53.5 Å². The van der Waals surface area contributed by atoms with Crippen LogP contribution in [0, 0.1) is 12.8 Å². The zero-order valence-corrected chi connectivity index (χ0v) is 23.5. The normalized spacial score (nSPS) is 23.4. The smallest absolute Gasteiger partial charge is 0.224 e. The van der Waals surface area contributed by atoms with Gasteiger partial charge in [-0.15, -0.1) is 0 Å². The number of hydrogen-bond acceptors (Lipinski definition) is 3. The van der Waals surface area contributed by atoms with Crippen LogP contribution in [-0.2, 0) is 9.53 Å². The second-order valence-electron chi connectivity index (χ2n) is 10.3. The van der Waals surface area contributed by atoms with Crippen molar-refractivity contribution in [3.05, 3.63) is 105 Å². The second kappa shape index (κ2) is 12.1. The molecule has 3 aromatic rings. The summed E-state index contributed by atoms with van der Waals surface area (Å²) in [6.07, 6.45) is 2.88. The van der Waals surface area contributed by atoms with Gasteiger partial charge in [-0.1, -0.05) is 81.6 Å². The van der Waals surface area contributed by atoms with E-state index >= 15 is 0 Å². The number of morpholine rings is 1. The van der Waals surface area contributed by atoms with E-state index in [4.69, 9.17) is 16.3 Å². The lowest BCUT2D eigenvalue weighted by molar-refractivity contribution is -0.127. The molecule has 1 aliphatic carbocycles. The lowest BCUT2D eigenvalue weighted by Crippen LogP contribution is -2.48. The van der Waals surface area contributed by atoms with Gasteiger partial charge in [0.1, 0.15) is 0 Å². The first kappa shape index (κ1) is 26.4. The van der Waals surface area contributed by atoms with E-state index in [1.165, 1.54) is 11.1 Å². The number of ether oxygens (including phenoxy) is 1. The van der Waals surface area contributed by atoms with Crippen LogP contribution in [-0.4, -0.2) is 43.2 Å². The van der Waals surface area contributed by atoms with Crippen LogP contribution < -0.4 is 5.32 Å². The summed E-state index contributed by atoms with van der Waals surface area (Å²) in [4.78, 5) is 16.6. The Morgan fingerprint density at radius 2 is 1.57 bits per heavy atom. The van der Waals surface area contributed by atoms with E-state index in [9.17, 15) is 4.79 Å². The molecular weight excluding hydrogens is 548 g/mol. The van der Waals surface area contributed by atoms with Crippen molar-refractivity contribution in [2.24, 2.45) is 5.92 Å². The average Bonchev–Trinajstić information content (AvgIpc) is 2.93. The molecule has 2 aliphatic rings. The number of rotatable bonds is 6. The monoisotopic (exact) mass is 580 g/mol. The number of halogens is 2. The van der Waals surface area contributed by atoms with Crippen molar-refractivity contribution >= 4 is 33.4 Å². The molecule has 194 valence electrons. The van der Waals surface area contributed by atoms with E-state index in [1.807, 2.05) is 24.3 Å². The fourth-order valence-corrected chi connectivity index (χ4v) is 6.23. The Morgan fingerprint density at radius 1 is 0.946 bits per heavy atom. The number of benzene rings is 3. The van der Waals surface area contributed by atoms with Crippen LogP contribution in [0.25, 0.3) is 0 Å². The number of carbonyl (C=O) groups excluding carboxylic acids is 1. The van der Waals surface area contributed by atoms with E-state index in [-0.39, 0.29) is 23.8 Å². The predicted octanol–water partition coefficient (Wildman–Crippen LogP) is 6.90. The summed E-state index contributed by atoms with van der Waals surface area (Å²) in [5.74, 6) is 0.200. The molecule has 1 saturated carbocycles. The van der Waals surface area contributed by atoms with Crippen molar-refractivity contribution in [3.8, 4) is 0 Å². The van der Waals surface area contributed by atoms with Crippen molar-refractivity contribution in [1.29, 1.82) is 0 Å². The van der Waals surface area contributed by atoms with Crippen molar-refractivity contribution in [3.63, 3.8) is 0 Å². The topological polar surface area (TPSA) is 41.6 Å². The van der Waals surface area contributed by atoms with Gasteiger partial charge in [0.2, 0.25) is 5.91 Å². The predicted molar refractivity (Wildman–Crippen MR) is 153 cm³/mol. The maximum absolute atomic E-state index is 14.0. The van der Waals surface area contributed by atoms with E-state index in [2.05, 4.69) is 81.6 Å². The summed E-state index contributed by atoms with van der Waals surface area (Å²) >= 11 is 9.76. The third-order valence-electron chi connectivity index (χ3n) is 7.92. The molecular formula is C31H34BrClN2O2. The molecule has 3 aromatic carbocycles. The molecule has 1 amide bonds. The Morgan fingerprint density at radius 3 is 2.22 bits per heavy atom. The van der Waals surface area contributed by atoms with E-state index in [1.54, 1.807) is 0 Å². The first-order valence-electron chi connectivity index (χ1n) is 13.2. The molecule has 0 bridgehead atoms. The van der Waals surface area contributed by atoms with Gasteiger partial charge in [0.15, 0.2) is 0 Å². The lowest BCUT2D eigenvalue weighted by Gasteiger charge is -2.42. The average molecular weight is 582 g/mol. The number of carbonyl (C=O) groups is 1. The maximum Gasteiger partial charge on any atom is 0.224 e. The van der Waals surface area contributed by atoms with Crippen LogP contribution in [0.5, 0.6) is 0 Å². The summed E-state index contributed by atoms with van der Waals surface area (Å²) in [6.45, 7) is 5.61. The Bertz CT molecular complexity index is 1130. The third kappa shape index (κ3) is 6.46. The number of nitrogens with zero attached hydrogens (tertiary/aromatic N) is 1. The van der Waals surface area contributed by atoms with Crippen LogP contribution in [0.3, 0.4) is 0 Å². The highest BCUT2D eigenvalue weighted by atomic mass is 79.9. The highest BCUT2D eigenvalue weighted by Crippen LogP contribution is 2.41. The Balaban J connectivity index is 1.41. The molecule has 2 fully saturated rings. The van der Waals surface area contributed by atoms with Gasteiger partial charge in [-0.05, 0) is 73.1 Å². The van der Waals surface area contributed by atoms with Crippen molar-refractivity contribution in [2.75, 3.05) is 26.3 Å². The summed E-state index contributed by atoms with van der Waals surface area (Å²) in [7, 11) is 0. The van der Waals surface area contributed by atoms with Gasteiger partial charge in [-0.2, -0.15) is 0 Å². The molecule has 4 nitrogen and oxygen atoms in total. The number of hydrogen-bond donors (Lipinski definition) is 1. The van der Waals surface area contributed by atoms with Crippen LogP contribution in [0.2, 0.25) is 5.02 Å². The van der Waals surface area contributed by atoms with Crippen LogP contribution in [0.15, 0.2) is 77.3 Å². The minimum atomic E-state index is -0.229. The van der Waals surface area contributed by atoms with Crippen molar-refractivity contribution in [1.82, 2.24) is 10.2 Å². The van der Waals surface area contributed by atoms with Gasteiger partial charge in [-0.25, -0.2) is 0 Å². The Kier molecular flexibility index (Phi) is 8.66. The van der Waals surface area contributed by atoms with E-state index in [0.29, 0.717) is 11.1 Å². The maximum atomic E-state index is 14.0. The fourth-order valence-electron chi connectivity index (χ4n) is 5.84. The standard InChI is InChI=1S/C31H34BrClN2O2/c1-21-2-4-23(5-3-21)30(24-8-12-26(33)13-9-24)34-31(36)28-15-14-27(35-16-18-37-19-17-35)20-29(28)22-6-10-25(32)11-7-22/h2-13,27-30H,14-20H2,1H3,(H,34,36)/t27-,28-,29+,30?/m1/s1. The summed E-state index contributed by atoms with van der Waals surface area (Å²) in [6, 6.07) is 25.0. The zero-order valence-electron chi connectivity index (χ0n) is 21.2. The Labute approximate surface area is 233 Å². The molecule has 37 heavy (non-hydrogen) atoms. The highest BCUT2D eigenvalue weighted by molar-refractivity contribution is 9.10. The van der Waals surface area contributed by atoms with Gasteiger partial charge in [0.25, 0.3) is 0 Å². The van der Waals surface area contributed by atoms with Gasteiger partial charge in [-0.3, -0.25) is 9.69 Å². The minimum Gasteiger partial charge on any atom is -0.379 e. The van der Waals surface area contributed by atoms with Gasteiger partial charge >= 0.3 is 0 Å². The van der Waals surface area contributed by atoms with Crippen LogP contribution in [0.4, 0.5) is 0 Å². The summed E-state index contributed by atoms with van der Waals surface area (Å²) in [5.41, 5.74) is 4.54. The zero-order chi connectivity index (χ0) is 25.8. The molecule has 1 heterocycles. The largest absolute Gasteiger partial charge is 0.379 e. The summed E-state index contributed by atoms with van der Waals surface area (Å²) < 4.78 is 6.65. The molecule has 0 radical (unpaired) electrons. The fraction of sp³-hybridized carbons (Fsp3) is 0.387. The molecule has 0 aromatic heterocycles. The third-order valence-corrected chi connectivity index (χ3v) is 8.70. The van der Waals surface area contributed by atoms with Gasteiger partial charge in [0, 0.05) is 34.5 Å². The lowest BCUT2D eigenvalue weighted by atomic mass is 9.72. The van der Waals surface area contributed by atoms with Gasteiger partial charge in [0.05, 0.1) is 19.3 Å². The first-order valence-corrected chi connectivity index (χ1v) is 14.3. The van der Waals surface area contributed by atoms with Crippen LogP contribution >= 0.6 is 27.5 Å². The number of aryl methyl sites for hydroxylation is 1. The minimum absolute atomic E-state index is 0.0845.